The molecule has 0 spiro atoms. The van der Waals surface area contributed by atoms with Crippen LogP contribution in [0.25, 0.3) is 0 Å². The van der Waals surface area contributed by atoms with E-state index in [1.165, 1.54) is 6.07 Å². The third-order valence-corrected chi connectivity index (χ3v) is 2.52. The van der Waals surface area contributed by atoms with Crippen molar-refractivity contribution in [3.05, 3.63) is 47.7 Å². The van der Waals surface area contributed by atoms with Crippen molar-refractivity contribution in [1.82, 2.24) is 9.97 Å². The fourth-order valence-corrected chi connectivity index (χ4v) is 1.67. The lowest BCUT2D eigenvalue weighted by atomic mass is 10.2. The number of ether oxygens (including phenoxy) is 1. The van der Waals surface area contributed by atoms with Crippen molar-refractivity contribution < 1.29 is 9.13 Å². The molecular weight excluding hydrogens is 245 g/mol. The largest absolute Gasteiger partial charge is 0.491 e. The van der Waals surface area contributed by atoms with Crippen LogP contribution in [0.4, 0.5) is 10.2 Å². The van der Waals surface area contributed by atoms with Crippen LogP contribution in [-0.2, 0) is 6.54 Å². The number of hydrogen-bond donors (Lipinski definition) is 1. The number of hydrogen-bond acceptors (Lipinski definition) is 4. The van der Waals surface area contributed by atoms with Crippen LogP contribution >= 0.6 is 0 Å². The van der Waals surface area contributed by atoms with Crippen molar-refractivity contribution in [2.45, 2.75) is 20.4 Å². The van der Waals surface area contributed by atoms with Crippen molar-refractivity contribution in [2.24, 2.45) is 0 Å². The van der Waals surface area contributed by atoms with E-state index in [-0.39, 0.29) is 11.6 Å². The lowest BCUT2D eigenvalue weighted by Gasteiger charge is -2.08. The van der Waals surface area contributed by atoms with Gasteiger partial charge >= 0.3 is 0 Å². The molecule has 0 aliphatic heterocycles. The average molecular weight is 261 g/mol. The van der Waals surface area contributed by atoms with Crippen molar-refractivity contribution in [1.29, 1.82) is 0 Å². The maximum atomic E-state index is 13.6. The van der Waals surface area contributed by atoms with E-state index in [4.69, 9.17) is 4.74 Å². The molecule has 0 radical (unpaired) electrons. The van der Waals surface area contributed by atoms with E-state index in [0.717, 1.165) is 11.3 Å². The Morgan fingerprint density at radius 1 is 1.32 bits per heavy atom. The predicted octanol–water partition coefficient (Wildman–Crippen LogP) is 2.93. The molecule has 1 heterocycles. The van der Waals surface area contributed by atoms with Crippen LogP contribution in [0.2, 0.25) is 0 Å². The van der Waals surface area contributed by atoms with Gasteiger partial charge in [-0.2, -0.15) is 0 Å². The summed E-state index contributed by atoms with van der Waals surface area (Å²) in [5.41, 5.74) is 1.66. The van der Waals surface area contributed by atoms with E-state index in [1.54, 1.807) is 18.5 Å². The number of rotatable bonds is 5. The molecule has 0 saturated carbocycles. The molecule has 1 aromatic heterocycles. The summed E-state index contributed by atoms with van der Waals surface area (Å²) in [6.45, 7) is 4.63. The third-order valence-electron chi connectivity index (χ3n) is 2.52. The van der Waals surface area contributed by atoms with Crippen molar-refractivity contribution >= 4 is 5.82 Å². The van der Waals surface area contributed by atoms with Gasteiger partial charge in [0.15, 0.2) is 11.6 Å². The monoisotopic (exact) mass is 261 g/mol. The van der Waals surface area contributed by atoms with Crippen LogP contribution in [0, 0.1) is 12.7 Å². The van der Waals surface area contributed by atoms with E-state index in [2.05, 4.69) is 15.3 Å². The van der Waals surface area contributed by atoms with Crippen LogP contribution in [0.5, 0.6) is 5.75 Å². The van der Waals surface area contributed by atoms with Gasteiger partial charge < -0.3 is 10.1 Å². The Balaban J connectivity index is 2.02. The Morgan fingerprint density at radius 2 is 2.16 bits per heavy atom. The zero-order valence-electron chi connectivity index (χ0n) is 11.0. The minimum Gasteiger partial charge on any atom is -0.491 e. The van der Waals surface area contributed by atoms with E-state index < -0.39 is 0 Å². The molecule has 19 heavy (non-hydrogen) atoms. The number of nitrogens with one attached hydrogen (secondary N) is 1. The van der Waals surface area contributed by atoms with Crippen molar-refractivity contribution in [3.63, 3.8) is 0 Å². The minimum atomic E-state index is -0.350. The number of benzene rings is 1. The van der Waals surface area contributed by atoms with Gasteiger partial charge in [0.2, 0.25) is 0 Å². The summed E-state index contributed by atoms with van der Waals surface area (Å²) >= 11 is 0. The molecule has 0 saturated heterocycles. The molecule has 0 aliphatic rings. The highest BCUT2D eigenvalue weighted by Crippen LogP contribution is 2.18. The molecule has 0 aliphatic carbocycles. The third kappa shape index (κ3) is 3.64. The van der Waals surface area contributed by atoms with Gasteiger partial charge in [0.1, 0.15) is 5.82 Å². The van der Waals surface area contributed by atoms with Crippen molar-refractivity contribution in [3.8, 4) is 5.75 Å². The van der Waals surface area contributed by atoms with E-state index in [0.29, 0.717) is 19.0 Å². The summed E-state index contributed by atoms with van der Waals surface area (Å²) in [6, 6.07) is 4.92. The molecule has 0 bridgehead atoms. The summed E-state index contributed by atoms with van der Waals surface area (Å²) < 4.78 is 18.8. The van der Waals surface area contributed by atoms with Gasteiger partial charge in [-0.05, 0) is 31.5 Å². The summed E-state index contributed by atoms with van der Waals surface area (Å²) in [5, 5.41) is 3.10. The molecule has 2 rings (SSSR count). The highest BCUT2D eigenvalue weighted by molar-refractivity contribution is 5.35. The molecule has 0 amide bonds. The first kappa shape index (κ1) is 13.3. The molecule has 0 fully saturated rings. The normalized spacial score (nSPS) is 10.3. The first-order valence-electron chi connectivity index (χ1n) is 6.12. The summed E-state index contributed by atoms with van der Waals surface area (Å²) in [6.07, 6.45) is 3.32. The predicted molar refractivity (Wildman–Crippen MR) is 71.7 cm³/mol. The summed E-state index contributed by atoms with van der Waals surface area (Å²) in [7, 11) is 0. The van der Waals surface area contributed by atoms with Gasteiger partial charge in [0, 0.05) is 12.7 Å². The van der Waals surface area contributed by atoms with Crippen LogP contribution in [0.1, 0.15) is 18.2 Å². The fraction of sp³-hybridized carbons (Fsp3) is 0.286. The first-order chi connectivity index (χ1) is 9.19. The Morgan fingerprint density at radius 3 is 2.84 bits per heavy atom. The second-order valence-corrected chi connectivity index (χ2v) is 4.10. The summed E-state index contributed by atoms with van der Waals surface area (Å²) in [5.74, 6) is 0.604. The van der Waals surface area contributed by atoms with Gasteiger partial charge in [0.25, 0.3) is 0 Å². The topological polar surface area (TPSA) is 47.0 Å². The quantitative estimate of drug-likeness (QED) is 0.899. The van der Waals surface area contributed by atoms with Crippen LogP contribution < -0.4 is 10.1 Å². The fourth-order valence-electron chi connectivity index (χ4n) is 1.67. The van der Waals surface area contributed by atoms with E-state index in [9.17, 15) is 4.39 Å². The molecule has 1 aromatic carbocycles. The van der Waals surface area contributed by atoms with Crippen molar-refractivity contribution in [2.75, 3.05) is 11.9 Å². The van der Waals surface area contributed by atoms with Gasteiger partial charge in [-0.1, -0.05) is 6.07 Å². The maximum absolute atomic E-state index is 13.6. The zero-order chi connectivity index (χ0) is 13.7. The first-order valence-corrected chi connectivity index (χ1v) is 6.12. The van der Waals surface area contributed by atoms with Gasteiger partial charge in [-0.25, -0.2) is 9.37 Å². The molecule has 2 aromatic rings. The number of nitrogens with zero attached hydrogens (tertiary/aromatic N) is 2. The Labute approximate surface area is 111 Å². The number of anilines is 1. The average Bonchev–Trinajstić information content (AvgIpc) is 2.39. The van der Waals surface area contributed by atoms with Gasteiger partial charge in [0.05, 0.1) is 18.5 Å². The Kier molecular flexibility index (Phi) is 4.28. The van der Waals surface area contributed by atoms with Crippen LogP contribution in [0.3, 0.4) is 0 Å². The lowest BCUT2D eigenvalue weighted by molar-refractivity contribution is 0.321. The van der Waals surface area contributed by atoms with E-state index in [1.807, 2.05) is 19.9 Å². The van der Waals surface area contributed by atoms with Crippen LogP contribution in [0.15, 0.2) is 30.6 Å². The zero-order valence-corrected chi connectivity index (χ0v) is 11.0. The SMILES string of the molecule is CCOc1ccc(CNc2cncc(C)n2)cc1F. The molecule has 0 atom stereocenters. The Bertz CT molecular complexity index is 560. The molecule has 0 unspecified atom stereocenters. The van der Waals surface area contributed by atoms with Gasteiger partial charge in [-0.15, -0.1) is 0 Å². The molecule has 4 nitrogen and oxygen atoms in total. The highest BCUT2D eigenvalue weighted by Gasteiger charge is 2.04. The summed E-state index contributed by atoms with van der Waals surface area (Å²) in [4.78, 5) is 8.30. The molecule has 1 N–H and O–H groups in total. The number of aromatic nitrogens is 2. The molecule has 100 valence electrons. The Hall–Kier alpha value is -2.17. The molecule has 5 heteroatoms. The lowest BCUT2D eigenvalue weighted by Crippen LogP contribution is -2.03. The number of aryl methyl sites for hydroxylation is 1. The number of halogens is 1. The highest BCUT2D eigenvalue weighted by atomic mass is 19.1. The smallest absolute Gasteiger partial charge is 0.165 e. The van der Waals surface area contributed by atoms with E-state index >= 15 is 0 Å². The van der Waals surface area contributed by atoms with Gasteiger partial charge in [-0.3, -0.25) is 4.98 Å². The van der Waals surface area contributed by atoms with Crippen LogP contribution in [-0.4, -0.2) is 16.6 Å². The maximum Gasteiger partial charge on any atom is 0.165 e. The second kappa shape index (κ2) is 6.13. The second-order valence-electron chi connectivity index (χ2n) is 4.10. The standard InChI is InChI=1S/C14H16FN3O/c1-3-19-13-5-4-11(6-12(13)15)8-17-14-9-16-7-10(2)18-14/h4-7,9H,3,8H2,1-2H3,(H,17,18). The molecular formula is C14H16FN3O. The minimum absolute atomic E-state index is 0.279.